The van der Waals surface area contributed by atoms with E-state index in [0.29, 0.717) is 19.6 Å². The normalized spacial score (nSPS) is 25.6. The highest BCUT2D eigenvalue weighted by atomic mass is 19.3. The Labute approximate surface area is 93.5 Å². The van der Waals surface area contributed by atoms with Crippen LogP contribution in [0.2, 0.25) is 0 Å². The van der Waals surface area contributed by atoms with Gasteiger partial charge in [-0.3, -0.25) is 14.9 Å². The highest BCUT2D eigenvalue weighted by Crippen LogP contribution is 2.33. The van der Waals surface area contributed by atoms with Crippen LogP contribution in [0.25, 0.3) is 0 Å². The third kappa shape index (κ3) is 2.52. The molecule has 0 amide bonds. The molecular weight excluding hydrogens is 212 g/mol. The summed E-state index contributed by atoms with van der Waals surface area (Å²) in [4.78, 5) is 10.1. The summed E-state index contributed by atoms with van der Waals surface area (Å²) in [5, 5.41) is 0. The standard InChI is InChI=1S/C11H15F2N3/c1-9-7-16(5-2-11(9,12)13)8-10-6-14-3-4-15-10/h3-4,6,9H,2,5,7-8H2,1H3. The molecule has 1 unspecified atom stereocenters. The predicted octanol–water partition coefficient (Wildman–Crippen LogP) is 1.95. The van der Waals surface area contributed by atoms with Crippen LogP contribution >= 0.6 is 0 Å². The van der Waals surface area contributed by atoms with Crippen LogP contribution in [0.4, 0.5) is 8.78 Å². The molecule has 88 valence electrons. The van der Waals surface area contributed by atoms with Crippen molar-refractivity contribution in [3.05, 3.63) is 24.3 Å². The van der Waals surface area contributed by atoms with Gasteiger partial charge in [-0.1, -0.05) is 6.92 Å². The van der Waals surface area contributed by atoms with Crippen LogP contribution in [0.3, 0.4) is 0 Å². The Morgan fingerprint density at radius 2 is 2.31 bits per heavy atom. The summed E-state index contributed by atoms with van der Waals surface area (Å²) in [5.41, 5.74) is 0.833. The molecule has 1 saturated heterocycles. The van der Waals surface area contributed by atoms with Crippen molar-refractivity contribution in [2.75, 3.05) is 13.1 Å². The van der Waals surface area contributed by atoms with Crippen LogP contribution in [-0.4, -0.2) is 33.9 Å². The van der Waals surface area contributed by atoms with E-state index < -0.39 is 11.8 Å². The monoisotopic (exact) mass is 227 g/mol. The molecule has 0 aliphatic carbocycles. The maximum absolute atomic E-state index is 13.3. The zero-order chi connectivity index (χ0) is 11.6. The molecule has 0 spiro atoms. The molecule has 1 aromatic heterocycles. The van der Waals surface area contributed by atoms with Crippen molar-refractivity contribution < 1.29 is 8.78 Å². The molecule has 1 aliphatic rings. The highest BCUT2D eigenvalue weighted by Gasteiger charge is 2.40. The second-order valence-electron chi connectivity index (χ2n) is 4.34. The first-order valence-corrected chi connectivity index (χ1v) is 5.43. The molecule has 5 heteroatoms. The lowest BCUT2D eigenvalue weighted by atomic mass is 9.95. The fourth-order valence-electron chi connectivity index (χ4n) is 1.95. The van der Waals surface area contributed by atoms with Gasteiger partial charge < -0.3 is 0 Å². The van der Waals surface area contributed by atoms with Gasteiger partial charge in [0.1, 0.15) is 0 Å². The molecule has 0 N–H and O–H groups in total. The molecule has 0 radical (unpaired) electrons. The largest absolute Gasteiger partial charge is 0.297 e. The minimum atomic E-state index is -2.52. The van der Waals surface area contributed by atoms with Crippen molar-refractivity contribution in [1.29, 1.82) is 0 Å². The molecule has 1 aliphatic heterocycles. The second-order valence-corrected chi connectivity index (χ2v) is 4.34. The maximum Gasteiger partial charge on any atom is 0.253 e. The molecule has 1 atom stereocenters. The lowest BCUT2D eigenvalue weighted by molar-refractivity contribution is -0.100. The second kappa shape index (κ2) is 4.41. The molecule has 2 rings (SSSR count). The van der Waals surface area contributed by atoms with Crippen molar-refractivity contribution >= 4 is 0 Å². The fourth-order valence-corrected chi connectivity index (χ4v) is 1.95. The van der Waals surface area contributed by atoms with E-state index in [4.69, 9.17) is 0 Å². The Balaban J connectivity index is 1.94. The zero-order valence-electron chi connectivity index (χ0n) is 9.24. The minimum Gasteiger partial charge on any atom is -0.297 e. The van der Waals surface area contributed by atoms with Crippen molar-refractivity contribution in [3.8, 4) is 0 Å². The third-order valence-electron chi connectivity index (χ3n) is 3.02. The van der Waals surface area contributed by atoms with E-state index >= 15 is 0 Å². The van der Waals surface area contributed by atoms with Crippen LogP contribution in [0.5, 0.6) is 0 Å². The molecule has 1 aromatic rings. The average Bonchev–Trinajstić information content (AvgIpc) is 2.26. The number of piperidine rings is 1. The van der Waals surface area contributed by atoms with Gasteiger partial charge in [0.2, 0.25) is 0 Å². The molecule has 0 bridgehead atoms. The van der Waals surface area contributed by atoms with Gasteiger partial charge in [-0.25, -0.2) is 8.78 Å². The molecule has 3 nitrogen and oxygen atoms in total. The molecular formula is C11H15F2N3. The molecule has 0 saturated carbocycles. The fraction of sp³-hybridized carbons (Fsp3) is 0.636. The van der Waals surface area contributed by atoms with Gasteiger partial charge in [0.25, 0.3) is 5.92 Å². The number of hydrogen-bond acceptors (Lipinski definition) is 3. The smallest absolute Gasteiger partial charge is 0.253 e. The SMILES string of the molecule is CC1CN(Cc2cnccn2)CCC1(F)F. The Morgan fingerprint density at radius 3 is 2.94 bits per heavy atom. The summed E-state index contributed by atoms with van der Waals surface area (Å²) in [6.07, 6.45) is 4.85. The van der Waals surface area contributed by atoms with Crippen LogP contribution in [0.15, 0.2) is 18.6 Å². The van der Waals surface area contributed by atoms with Crippen molar-refractivity contribution in [1.82, 2.24) is 14.9 Å². The average molecular weight is 227 g/mol. The van der Waals surface area contributed by atoms with Crippen LogP contribution < -0.4 is 0 Å². The summed E-state index contributed by atoms with van der Waals surface area (Å²) < 4.78 is 26.5. The van der Waals surface area contributed by atoms with E-state index in [-0.39, 0.29) is 6.42 Å². The van der Waals surface area contributed by atoms with Gasteiger partial charge in [-0.05, 0) is 0 Å². The van der Waals surface area contributed by atoms with Gasteiger partial charge in [-0.2, -0.15) is 0 Å². The quantitative estimate of drug-likeness (QED) is 0.773. The van der Waals surface area contributed by atoms with Crippen molar-refractivity contribution in [2.24, 2.45) is 5.92 Å². The van der Waals surface area contributed by atoms with Crippen molar-refractivity contribution in [2.45, 2.75) is 25.8 Å². The van der Waals surface area contributed by atoms with Crippen LogP contribution in [-0.2, 0) is 6.54 Å². The van der Waals surface area contributed by atoms with Gasteiger partial charge in [0.05, 0.1) is 5.69 Å². The van der Waals surface area contributed by atoms with E-state index in [9.17, 15) is 8.78 Å². The highest BCUT2D eigenvalue weighted by molar-refractivity contribution is 4.96. The summed E-state index contributed by atoms with van der Waals surface area (Å²) in [6.45, 7) is 3.05. The van der Waals surface area contributed by atoms with Gasteiger partial charge in [0.15, 0.2) is 0 Å². The number of likely N-dealkylation sites (tertiary alicyclic amines) is 1. The van der Waals surface area contributed by atoms with Gasteiger partial charge >= 0.3 is 0 Å². The van der Waals surface area contributed by atoms with E-state index in [0.717, 1.165) is 5.69 Å². The summed E-state index contributed by atoms with van der Waals surface area (Å²) in [6, 6.07) is 0. The molecule has 1 fully saturated rings. The number of aromatic nitrogens is 2. The number of alkyl halides is 2. The minimum absolute atomic E-state index is 0.0611. The number of rotatable bonds is 2. The van der Waals surface area contributed by atoms with E-state index in [2.05, 4.69) is 9.97 Å². The van der Waals surface area contributed by atoms with Crippen molar-refractivity contribution in [3.63, 3.8) is 0 Å². The Kier molecular flexibility index (Phi) is 3.14. The summed E-state index contributed by atoms with van der Waals surface area (Å²) in [5.74, 6) is -3.10. The van der Waals surface area contributed by atoms with E-state index in [1.807, 2.05) is 4.90 Å². The maximum atomic E-state index is 13.3. The third-order valence-corrected chi connectivity index (χ3v) is 3.02. The van der Waals surface area contributed by atoms with Crippen LogP contribution in [0.1, 0.15) is 19.0 Å². The van der Waals surface area contributed by atoms with Gasteiger partial charge in [0, 0.05) is 50.6 Å². The Hall–Kier alpha value is -1.10. The van der Waals surface area contributed by atoms with E-state index in [1.54, 1.807) is 25.5 Å². The Bertz CT molecular complexity index is 342. The first-order chi connectivity index (χ1) is 7.58. The lowest BCUT2D eigenvalue weighted by Crippen LogP contribution is -2.45. The first kappa shape index (κ1) is 11.4. The topological polar surface area (TPSA) is 29.0 Å². The van der Waals surface area contributed by atoms with Gasteiger partial charge in [-0.15, -0.1) is 0 Å². The lowest BCUT2D eigenvalue weighted by Gasteiger charge is -2.36. The first-order valence-electron chi connectivity index (χ1n) is 5.43. The molecule has 16 heavy (non-hydrogen) atoms. The number of halogens is 2. The number of hydrogen-bond donors (Lipinski definition) is 0. The molecule has 2 heterocycles. The zero-order valence-corrected chi connectivity index (χ0v) is 9.24. The van der Waals surface area contributed by atoms with E-state index in [1.165, 1.54) is 0 Å². The number of nitrogens with zero attached hydrogens (tertiary/aromatic N) is 3. The summed E-state index contributed by atoms with van der Waals surface area (Å²) in [7, 11) is 0. The van der Waals surface area contributed by atoms with Crippen LogP contribution in [0, 0.1) is 5.92 Å². The molecule has 0 aromatic carbocycles. The summed E-state index contributed by atoms with van der Waals surface area (Å²) >= 11 is 0. The Morgan fingerprint density at radius 1 is 1.50 bits per heavy atom. The predicted molar refractivity (Wildman–Crippen MR) is 56.0 cm³/mol.